The predicted molar refractivity (Wildman–Crippen MR) is 83.7 cm³/mol. The van der Waals surface area contributed by atoms with Gasteiger partial charge in [0.25, 0.3) is 0 Å². The third-order valence-electron chi connectivity index (χ3n) is 2.94. The van der Waals surface area contributed by atoms with Gasteiger partial charge in [-0.25, -0.2) is 0 Å². The van der Waals surface area contributed by atoms with Gasteiger partial charge in [0.15, 0.2) is 0 Å². The van der Waals surface area contributed by atoms with Crippen LogP contribution in [0.15, 0.2) is 28.7 Å². The Balaban J connectivity index is 2.46. The molecule has 0 bridgehead atoms. The molecule has 0 radical (unpaired) electrons. The number of alkyl halides is 4. The Morgan fingerprint density at radius 1 is 1.15 bits per heavy atom. The summed E-state index contributed by atoms with van der Waals surface area (Å²) < 4.78 is 38.9. The fourth-order valence-corrected chi connectivity index (χ4v) is 4.35. The van der Waals surface area contributed by atoms with Gasteiger partial charge in [-0.2, -0.15) is 13.2 Å². The molecular weight excluding hydrogens is 417 g/mol. The second-order valence-corrected chi connectivity index (χ2v) is 7.70. The van der Waals surface area contributed by atoms with Crippen molar-refractivity contribution in [2.75, 3.05) is 0 Å². The molecule has 2 rings (SSSR count). The molecular formula is C14H11Br2F3S. The molecule has 0 fully saturated rings. The maximum Gasteiger partial charge on any atom is 0.417 e. The summed E-state index contributed by atoms with van der Waals surface area (Å²) in [5, 5.41) is 0. The van der Waals surface area contributed by atoms with Crippen LogP contribution >= 0.6 is 43.2 Å². The van der Waals surface area contributed by atoms with Crippen LogP contribution in [0.1, 0.15) is 31.3 Å². The predicted octanol–water partition coefficient (Wildman–Crippen LogP) is 6.63. The lowest BCUT2D eigenvalue weighted by atomic mass is 10.0. The van der Waals surface area contributed by atoms with Gasteiger partial charge in [0.1, 0.15) is 0 Å². The normalized spacial score (nSPS) is 13.6. The molecule has 0 nitrogen and oxygen atoms in total. The zero-order valence-electron chi connectivity index (χ0n) is 10.7. The zero-order valence-corrected chi connectivity index (χ0v) is 14.7. The van der Waals surface area contributed by atoms with Crippen molar-refractivity contribution in [3.8, 4) is 0 Å². The van der Waals surface area contributed by atoms with E-state index in [0.717, 1.165) is 15.3 Å². The molecule has 0 saturated heterocycles. The molecule has 0 N–H and O–H groups in total. The molecule has 20 heavy (non-hydrogen) atoms. The maximum atomic E-state index is 12.9. The van der Waals surface area contributed by atoms with Crippen LogP contribution in [-0.4, -0.2) is 0 Å². The highest BCUT2D eigenvalue weighted by Crippen LogP contribution is 2.41. The first kappa shape index (κ1) is 16.0. The van der Waals surface area contributed by atoms with Crippen LogP contribution < -0.4 is 0 Å². The number of aryl methyl sites for hydroxylation is 2. The van der Waals surface area contributed by atoms with Gasteiger partial charge in [0.05, 0.1) is 10.4 Å². The lowest BCUT2D eigenvalue weighted by molar-refractivity contribution is -0.138. The summed E-state index contributed by atoms with van der Waals surface area (Å²) in [5.41, 5.74) is 0.966. The minimum atomic E-state index is -4.36. The molecule has 0 aliphatic carbocycles. The molecule has 6 heteroatoms. The van der Waals surface area contributed by atoms with E-state index in [4.69, 9.17) is 0 Å². The van der Waals surface area contributed by atoms with Crippen LogP contribution in [0.3, 0.4) is 0 Å². The highest BCUT2D eigenvalue weighted by atomic mass is 79.9. The molecule has 0 spiro atoms. The molecule has 2 aromatic rings. The molecule has 1 aromatic carbocycles. The number of hydrogen-bond donors (Lipinski definition) is 0. The first-order valence-corrected chi connectivity index (χ1v) is 8.30. The Morgan fingerprint density at radius 3 is 2.30 bits per heavy atom. The number of halogens is 5. The molecule has 0 amide bonds. The molecule has 0 saturated carbocycles. The minimum Gasteiger partial charge on any atom is -0.166 e. The largest absolute Gasteiger partial charge is 0.417 e. The molecule has 108 valence electrons. The van der Waals surface area contributed by atoms with Gasteiger partial charge in [-0.05, 0) is 43.2 Å². The van der Waals surface area contributed by atoms with Gasteiger partial charge < -0.3 is 0 Å². The van der Waals surface area contributed by atoms with E-state index in [2.05, 4.69) is 31.9 Å². The van der Waals surface area contributed by atoms with Gasteiger partial charge in [0, 0.05) is 14.2 Å². The molecule has 0 aliphatic rings. The Kier molecular flexibility index (Phi) is 4.66. The fourth-order valence-electron chi connectivity index (χ4n) is 2.00. The van der Waals surface area contributed by atoms with Crippen molar-refractivity contribution in [2.24, 2.45) is 0 Å². The first-order chi connectivity index (χ1) is 9.20. The third kappa shape index (κ3) is 3.28. The summed E-state index contributed by atoms with van der Waals surface area (Å²) in [5.74, 6) is 0. The second kappa shape index (κ2) is 5.81. The van der Waals surface area contributed by atoms with Crippen molar-refractivity contribution in [1.29, 1.82) is 0 Å². The SMILES string of the molecule is Cc1cc(C(Br)c2ccc(Br)c(C(F)(F)F)c2)c(C)s1. The van der Waals surface area contributed by atoms with E-state index in [-0.39, 0.29) is 9.30 Å². The van der Waals surface area contributed by atoms with Gasteiger partial charge >= 0.3 is 6.18 Å². The third-order valence-corrected chi connectivity index (χ3v) is 5.64. The van der Waals surface area contributed by atoms with Gasteiger partial charge in [-0.3, -0.25) is 0 Å². The van der Waals surface area contributed by atoms with Crippen LogP contribution in [0.25, 0.3) is 0 Å². The average Bonchev–Trinajstić information content (AvgIpc) is 2.66. The van der Waals surface area contributed by atoms with E-state index in [1.165, 1.54) is 12.1 Å². The van der Waals surface area contributed by atoms with Crippen LogP contribution in [0.4, 0.5) is 13.2 Å². The minimum absolute atomic E-state index is 0.0617. The summed E-state index contributed by atoms with van der Waals surface area (Å²) in [7, 11) is 0. The summed E-state index contributed by atoms with van der Waals surface area (Å²) in [6.07, 6.45) is -4.36. The van der Waals surface area contributed by atoms with Crippen molar-refractivity contribution in [1.82, 2.24) is 0 Å². The Bertz CT molecular complexity index is 632. The summed E-state index contributed by atoms with van der Waals surface area (Å²) in [4.78, 5) is 2.03. The van der Waals surface area contributed by atoms with Crippen molar-refractivity contribution in [3.63, 3.8) is 0 Å². The number of benzene rings is 1. The van der Waals surface area contributed by atoms with Crippen LogP contribution in [0, 0.1) is 13.8 Å². The molecule has 0 aliphatic heterocycles. The van der Waals surface area contributed by atoms with Crippen LogP contribution in [0.2, 0.25) is 0 Å². The monoisotopic (exact) mass is 426 g/mol. The van der Waals surface area contributed by atoms with E-state index < -0.39 is 11.7 Å². The van der Waals surface area contributed by atoms with Crippen molar-refractivity contribution >= 4 is 43.2 Å². The van der Waals surface area contributed by atoms with Crippen molar-refractivity contribution in [3.05, 3.63) is 55.2 Å². The average molecular weight is 428 g/mol. The Morgan fingerprint density at radius 2 is 1.80 bits per heavy atom. The van der Waals surface area contributed by atoms with Gasteiger partial charge in [-0.1, -0.05) is 37.9 Å². The lowest BCUT2D eigenvalue weighted by Crippen LogP contribution is -2.07. The topological polar surface area (TPSA) is 0 Å². The Labute approximate surface area is 136 Å². The number of thiophene rings is 1. The van der Waals surface area contributed by atoms with E-state index >= 15 is 0 Å². The van der Waals surface area contributed by atoms with E-state index in [9.17, 15) is 13.2 Å². The van der Waals surface area contributed by atoms with Gasteiger partial charge in [-0.15, -0.1) is 11.3 Å². The van der Waals surface area contributed by atoms with E-state index in [1.807, 2.05) is 19.9 Å². The zero-order chi connectivity index (χ0) is 15.1. The number of rotatable bonds is 2. The molecule has 1 atom stereocenters. The van der Waals surface area contributed by atoms with E-state index in [1.54, 1.807) is 17.4 Å². The van der Waals surface area contributed by atoms with E-state index in [0.29, 0.717) is 5.56 Å². The smallest absolute Gasteiger partial charge is 0.166 e. The summed E-state index contributed by atoms with van der Waals surface area (Å²) >= 11 is 8.11. The summed E-state index contributed by atoms with van der Waals surface area (Å²) in [6.45, 7) is 3.97. The number of hydrogen-bond acceptors (Lipinski definition) is 1. The second-order valence-electron chi connectivity index (χ2n) is 4.47. The van der Waals surface area contributed by atoms with Crippen molar-refractivity contribution < 1.29 is 13.2 Å². The highest BCUT2D eigenvalue weighted by molar-refractivity contribution is 9.10. The van der Waals surface area contributed by atoms with Gasteiger partial charge in [0.2, 0.25) is 0 Å². The Hall–Kier alpha value is -0.330. The standard InChI is InChI=1S/C14H11Br2F3S/c1-7-5-10(8(2)20-7)13(16)9-3-4-12(15)11(6-9)14(17,18)19/h3-6,13H,1-2H3. The van der Waals surface area contributed by atoms with Crippen LogP contribution in [-0.2, 0) is 6.18 Å². The first-order valence-electron chi connectivity index (χ1n) is 5.78. The van der Waals surface area contributed by atoms with Crippen LogP contribution in [0.5, 0.6) is 0 Å². The lowest BCUT2D eigenvalue weighted by Gasteiger charge is -2.15. The van der Waals surface area contributed by atoms with Crippen molar-refractivity contribution in [2.45, 2.75) is 24.9 Å². The maximum absolute atomic E-state index is 12.9. The highest BCUT2D eigenvalue weighted by Gasteiger charge is 2.33. The fraction of sp³-hybridized carbons (Fsp3) is 0.286. The quantitative estimate of drug-likeness (QED) is 0.471. The molecule has 1 heterocycles. The summed E-state index contributed by atoms with van der Waals surface area (Å²) in [6, 6.07) is 6.34. The molecule has 1 unspecified atom stereocenters. The molecule has 1 aromatic heterocycles.